The van der Waals surface area contributed by atoms with E-state index >= 15 is 0 Å². The lowest BCUT2D eigenvalue weighted by atomic mass is 9.80. The Balaban J connectivity index is 1.87. The quantitative estimate of drug-likeness (QED) is 0.231. The number of aliphatic hydroxyl groups is 1. The maximum Gasteiger partial charge on any atom is 0.143 e. The van der Waals surface area contributed by atoms with Gasteiger partial charge in [0.15, 0.2) is 0 Å². The third-order valence-electron chi connectivity index (χ3n) is 5.73. The van der Waals surface area contributed by atoms with Crippen molar-refractivity contribution in [3.8, 4) is 0 Å². The normalized spacial score (nSPS) is 13.5. The predicted molar refractivity (Wildman–Crippen MR) is 124 cm³/mol. The van der Waals surface area contributed by atoms with Crippen LogP contribution in [-0.4, -0.2) is 17.8 Å². The van der Waals surface area contributed by atoms with Crippen LogP contribution in [0.15, 0.2) is 104 Å². The van der Waals surface area contributed by atoms with Crippen LogP contribution in [0, 0.1) is 5.92 Å². The van der Waals surface area contributed by atoms with Gasteiger partial charge in [-0.25, -0.2) is 0 Å². The Labute approximate surface area is 180 Å². The fourth-order valence-electron chi connectivity index (χ4n) is 3.87. The number of ether oxygens (including phenoxy) is 1. The van der Waals surface area contributed by atoms with E-state index in [-0.39, 0.29) is 12.0 Å². The lowest BCUT2D eigenvalue weighted by Crippen LogP contribution is -2.33. The Hall–Kier alpha value is -2.68. The van der Waals surface area contributed by atoms with Crippen molar-refractivity contribution in [1.82, 2.24) is 0 Å². The molecule has 0 fully saturated rings. The summed E-state index contributed by atoms with van der Waals surface area (Å²) in [6.45, 7) is 6.38. The zero-order valence-electron chi connectivity index (χ0n) is 17.8. The molecule has 0 saturated carbocycles. The summed E-state index contributed by atoms with van der Waals surface area (Å²) in [5.41, 5.74) is 2.67. The number of rotatable bonds is 11. The minimum Gasteiger partial charge on any atom is -0.393 e. The Kier molecular flexibility index (Phi) is 8.01. The molecule has 0 amide bonds. The molecule has 0 aliphatic rings. The highest BCUT2D eigenvalue weighted by atomic mass is 16.5. The molecule has 0 heterocycles. The Morgan fingerprint density at radius 3 is 1.63 bits per heavy atom. The SMILES string of the molecule is C=C[C@@H](C)[C@H](O)CCCCOC(c1ccccc1)(c1ccccc1)c1ccccc1. The lowest BCUT2D eigenvalue weighted by Gasteiger charge is -2.36. The lowest BCUT2D eigenvalue weighted by molar-refractivity contribution is 0.00896. The van der Waals surface area contributed by atoms with Crippen molar-refractivity contribution in [3.63, 3.8) is 0 Å². The van der Waals surface area contributed by atoms with Gasteiger partial charge < -0.3 is 9.84 Å². The molecule has 3 aromatic rings. The molecule has 0 bridgehead atoms. The van der Waals surface area contributed by atoms with Gasteiger partial charge in [0.1, 0.15) is 5.60 Å². The third-order valence-corrected chi connectivity index (χ3v) is 5.73. The molecule has 0 spiro atoms. The molecule has 0 aliphatic carbocycles. The summed E-state index contributed by atoms with van der Waals surface area (Å²) < 4.78 is 6.75. The maximum absolute atomic E-state index is 10.2. The van der Waals surface area contributed by atoms with Crippen molar-refractivity contribution in [1.29, 1.82) is 0 Å². The van der Waals surface area contributed by atoms with Crippen molar-refractivity contribution >= 4 is 0 Å². The van der Waals surface area contributed by atoms with E-state index in [4.69, 9.17) is 4.74 Å². The number of hydrogen-bond acceptors (Lipinski definition) is 2. The average Bonchev–Trinajstić information content (AvgIpc) is 2.82. The summed E-state index contributed by atoms with van der Waals surface area (Å²) in [5.74, 6) is 0.114. The van der Waals surface area contributed by atoms with E-state index in [9.17, 15) is 5.11 Å². The minimum atomic E-state index is -0.670. The first-order valence-corrected chi connectivity index (χ1v) is 10.8. The second-order valence-corrected chi connectivity index (χ2v) is 7.79. The largest absolute Gasteiger partial charge is 0.393 e. The number of unbranched alkanes of at least 4 members (excludes halogenated alkanes) is 1. The highest BCUT2D eigenvalue weighted by Gasteiger charge is 2.37. The fourth-order valence-corrected chi connectivity index (χ4v) is 3.87. The van der Waals surface area contributed by atoms with Crippen LogP contribution in [0.3, 0.4) is 0 Å². The van der Waals surface area contributed by atoms with E-state index in [1.54, 1.807) is 0 Å². The van der Waals surface area contributed by atoms with Gasteiger partial charge in [0.25, 0.3) is 0 Å². The van der Waals surface area contributed by atoms with E-state index in [0.29, 0.717) is 6.61 Å². The minimum absolute atomic E-state index is 0.114. The molecule has 0 saturated heterocycles. The molecular weight excluding hydrogens is 368 g/mol. The Bertz CT molecular complexity index is 778. The monoisotopic (exact) mass is 400 g/mol. The molecule has 0 aromatic heterocycles. The zero-order chi connectivity index (χ0) is 21.2. The fraction of sp³-hybridized carbons (Fsp3) is 0.286. The summed E-state index contributed by atoms with van der Waals surface area (Å²) in [5, 5.41) is 10.2. The van der Waals surface area contributed by atoms with Crippen LogP contribution in [0.4, 0.5) is 0 Å². The average molecular weight is 401 g/mol. The van der Waals surface area contributed by atoms with Gasteiger partial charge in [-0.2, -0.15) is 0 Å². The Morgan fingerprint density at radius 2 is 1.23 bits per heavy atom. The maximum atomic E-state index is 10.2. The molecule has 30 heavy (non-hydrogen) atoms. The van der Waals surface area contributed by atoms with Crippen molar-refractivity contribution in [2.24, 2.45) is 5.92 Å². The van der Waals surface area contributed by atoms with Gasteiger partial charge in [0.2, 0.25) is 0 Å². The van der Waals surface area contributed by atoms with Crippen LogP contribution < -0.4 is 0 Å². The van der Waals surface area contributed by atoms with Crippen LogP contribution in [-0.2, 0) is 10.3 Å². The van der Waals surface area contributed by atoms with E-state index in [0.717, 1.165) is 36.0 Å². The van der Waals surface area contributed by atoms with E-state index in [1.807, 2.05) is 31.2 Å². The highest BCUT2D eigenvalue weighted by Crippen LogP contribution is 2.40. The van der Waals surface area contributed by atoms with Crippen molar-refractivity contribution in [2.45, 2.75) is 37.9 Å². The van der Waals surface area contributed by atoms with Gasteiger partial charge >= 0.3 is 0 Å². The summed E-state index contributed by atoms with van der Waals surface area (Å²) in [7, 11) is 0. The number of benzene rings is 3. The molecule has 156 valence electrons. The molecule has 2 atom stereocenters. The van der Waals surface area contributed by atoms with Gasteiger partial charge in [-0.1, -0.05) is 104 Å². The number of aliphatic hydroxyl groups excluding tert-OH is 1. The van der Waals surface area contributed by atoms with E-state index < -0.39 is 5.60 Å². The summed E-state index contributed by atoms with van der Waals surface area (Å²) >= 11 is 0. The standard InChI is InChI=1S/C28H32O2/c1-3-23(2)27(29)21-13-14-22-30-28(24-15-7-4-8-16-24,25-17-9-5-10-18-25)26-19-11-6-12-20-26/h3-12,15-20,23,27,29H,1,13-14,21-22H2,2H3/t23-,27-/m1/s1. The van der Waals surface area contributed by atoms with Crippen LogP contribution in [0.2, 0.25) is 0 Å². The first-order chi connectivity index (χ1) is 14.7. The van der Waals surface area contributed by atoms with Crippen molar-refractivity contribution < 1.29 is 9.84 Å². The molecule has 0 radical (unpaired) electrons. The first kappa shape index (κ1) is 22.0. The first-order valence-electron chi connectivity index (χ1n) is 10.8. The topological polar surface area (TPSA) is 29.5 Å². The molecule has 3 rings (SSSR count). The van der Waals surface area contributed by atoms with Gasteiger partial charge in [-0.05, 0) is 41.9 Å². The second-order valence-electron chi connectivity index (χ2n) is 7.79. The van der Waals surface area contributed by atoms with Crippen LogP contribution in [0.5, 0.6) is 0 Å². The second kappa shape index (κ2) is 10.9. The van der Waals surface area contributed by atoms with Crippen molar-refractivity contribution in [2.75, 3.05) is 6.61 Å². The molecule has 0 unspecified atom stereocenters. The summed E-state index contributed by atoms with van der Waals surface area (Å²) in [4.78, 5) is 0. The van der Waals surface area contributed by atoms with Crippen LogP contribution in [0.1, 0.15) is 42.9 Å². The van der Waals surface area contributed by atoms with Gasteiger partial charge in [0.05, 0.1) is 6.10 Å². The van der Waals surface area contributed by atoms with E-state index in [2.05, 4.69) is 79.4 Å². The van der Waals surface area contributed by atoms with Crippen LogP contribution >= 0.6 is 0 Å². The molecule has 0 aliphatic heterocycles. The third kappa shape index (κ3) is 5.08. The molecular formula is C28H32O2. The van der Waals surface area contributed by atoms with Crippen molar-refractivity contribution in [3.05, 3.63) is 120 Å². The van der Waals surface area contributed by atoms with E-state index in [1.165, 1.54) is 0 Å². The summed E-state index contributed by atoms with van der Waals surface area (Å²) in [6.07, 6.45) is 4.02. The molecule has 2 heteroatoms. The van der Waals surface area contributed by atoms with Gasteiger partial charge in [-0.3, -0.25) is 0 Å². The zero-order valence-corrected chi connectivity index (χ0v) is 17.8. The number of hydrogen-bond donors (Lipinski definition) is 1. The highest BCUT2D eigenvalue weighted by molar-refractivity contribution is 5.47. The molecule has 1 N–H and O–H groups in total. The predicted octanol–water partition coefficient (Wildman–Crippen LogP) is 6.35. The smallest absolute Gasteiger partial charge is 0.143 e. The van der Waals surface area contributed by atoms with Gasteiger partial charge in [-0.15, -0.1) is 6.58 Å². The Morgan fingerprint density at radius 1 is 0.800 bits per heavy atom. The molecule has 3 aromatic carbocycles. The van der Waals surface area contributed by atoms with Gasteiger partial charge in [0, 0.05) is 6.61 Å². The summed E-state index contributed by atoms with van der Waals surface area (Å²) in [6, 6.07) is 31.3. The van der Waals surface area contributed by atoms with Crippen LogP contribution in [0.25, 0.3) is 0 Å². The molecule has 2 nitrogen and oxygen atoms in total.